The number of rotatable bonds is 3. The van der Waals surface area contributed by atoms with Crippen LogP contribution in [0.3, 0.4) is 0 Å². The highest BCUT2D eigenvalue weighted by Crippen LogP contribution is 2.43. The van der Waals surface area contributed by atoms with Gasteiger partial charge in [0.15, 0.2) is 0 Å². The van der Waals surface area contributed by atoms with Crippen molar-refractivity contribution in [3.63, 3.8) is 0 Å². The summed E-state index contributed by atoms with van der Waals surface area (Å²) in [5, 5.41) is 3.75. The Morgan fingerprint density at radius 1 is 1.27 bits per heavy atom. The topological polar surface area (TPSA) is 71.7 Å². The smallest absolute Gasteiger partial charge is 0.420 e. The van der Waals surface area contributed by atoms with Crippen LogP contribution >= 0.6 is 0 Å². The minimum Gasteiger partial charge on any atom is -0.496 e. The maximum absolute atomic E-state index is 13.5. The number of hydrogen-bond acceptors (Lipinski definition) is 5. The number of alkyl halides is 3. The fraction of sp³-hybridized carbons (Fsp3) is 0.250. The molecule has 2 heterocycles. The maximum Gasteiger partial charge on any atom is 0.420 e. The summed E-state index contributed by atoms with van der Waals surface area (Å²) in [4.78, 5) is 19.9. The molecule has 0 atom stereocenters. The van der Waals surface area contributed by atoms with Crippen molar-refractivity contribution < 1.29 is 27.2 Å². The van der Waals surface area contributed by atoms with E-state index in [0.29, 0.717) is 17.7 Å². The van der Waals surface area contributed by atoms with Gasteiger partial charge in [-0.15, -0.1) is 0 Å². The maximum atomic E-state index is 13.5. The number of methoxy groups -OCH3 is 1. The number of halogens is 3. The number of anilines is 3. The van der Waals surface area contributed by atoms with E-state index < -0.39 is 17.8 Å². The lowest BCUT2D eigenvalue weighted by molar-refractivity contribution is -0.138. The third-order valence-electron chi connectivity index (χ3n) is 4.83. The van der Waals surface area contributed by atoms with Crippen LogP contribution < -0.4 is 14.5 Å². The van der Waals surface area contributed by atoms with Crippen molar-refractivity contribution >= 4 is 23.4 Å². The zero-order chi connectivity index (χ0) is 21.5. The number of aromatic nitrogens is 2. The highest BCUT2D eigenvalue weighted by atomic mass is 19.4. The Bertz CT molecular complexity index is 1080. The summed E-state index contributed by atoms with van der Waals surface area (Å²) < 4.78 is 50.2. The van der Waals surface area contributed by atoms with Crippen LogP contribution in [0.2, 0.25) is 0 Å². The largest absolute Gasteiger partial charge is 0.496 e. The van der Waals surface area contributed by atoms with Gasteiger partial charge in [-0.3, -0.25) is 4.90 Å². The Morgan fingerprint density at radius 2 is 2.07 bits per heavy atom. The lowest BCUT2D eigenvalue weighted by Gasteiger charge is -2.26. The highest BCUT2D eigenvalue weighted by molar-refractivity contribution is 6.08. The van der Waals surface area contributed by atoms with Gasteiger partial charge in [0.1, 0.15) is 5.75 Å². The SMILES string of the molecule is COc1cc2c(cc1C(F)(F)F)N(C(=O)N(c1cccc(C)c1)c1ncon1)CC2. The highest BCUT2D eigenvalue weighted by Gasteiger charge is 2.39. The summed E-state index contributed by atoms with van der Waals surface area (Å²) in [5.41, 5.74) is 1.18. The first-order valence-corrected chi connectivity index (χ1v) is 9.02. The van der Waals surface area contributed by atoms with Gasteiger partial charge in [0.05, 0.1) is 18.4 Å². The Balaban J connectivity index is 1.79. The molecule has 1 aliphatic rings. The molecule has 30 heavy (non-hydrogen) atoms. The number of fused-ring (bicyclic) bond motifs is 1. The summed E-state index contributed by atoms with van der Waals surface area (Å²) in [5.74, 6) is -0.284. The van der Waals surface area contributed by atoms with Crippen LogP contribution in [0.15, 0.2) is 47.3 Å². The fourth-order valence-electron chi connectivity index (χ4n) is 3.47. The van der Waals surface area contributed by atoms with Gasteiger partial charge in [0.25, 0.3) is 5.95 Å². The predicted octanol–water partition coefficient (Wildman–Crippen LogP) is 4.73. The van der Waals surface area contributed by atoms with Crippen LogP contribution in [-0.2, 0) is 12.6 Å². The molecule has 1 aromatic heterocycles. The lowest BCUT2D eigenvalue weighted by Crippen LogP contribution is -2.40. The predicted molar refractivity (Wildman–Crippen MR) is 102 cm³/mol. The molecule has 156 valence electrons. The Kier molecular flexibility index (Phi) is 4.84. The summed E-state index contributed by atoms with van der Waals surface area (Å²) >= 11 is 0. The third kappa shape index (κ3) is 3.44. The molecule has 1 aliphatic heterocycles. The molecule has 0 N–H and O–H groups in total. The fourth-order valence-corrected chi connectivity index (χ4v) is 3.47. The molecule has 10 heteroatoms. The van der Waals surface area contributed by atoms with Crippen LogP contribution in [0.1, 0.15) is 16.7 Å². The number of ether oxygens (including phenoxy) is 1. The molecule has 7 nitrogen and oxygen atoms in total. The van der Waals surface area contributed by atoms with E-state index in [1.807, 2.05) is 13.0 Å². The van der Waals surface area contributed by atoms with E-state index in [2.05, 4.69) is 10.1 Å². The van der Waals surface area contributed by atoms with E-state index in [4.69, 9.17) is 9.26 Å². The van der Waals surface area contributed by atoms with Crippen LogP contribution in [0, 0.1) is 6.92 Å². The van der Waals surface area contributed by atoms with Crippen molar-refractivity contribution in [1.29, 1.82) is 0 Å². The van der Waals surface area contributed by atoms with Gasteiger partial charge >= 0.3 is 12.2 Å². The third-order valence-corrected chi connectivity index (χ3v) is 4.83. The quantitative estimate of drug-likeness (QED) is 0.615. The molecular formula is C20H17F3N4O3. The van der Waals surface area contributed by atoms with Gasteiger partial charge in [-0.1, -0.05) is 12.1 Å². The van der Waals surface area contributed by atoms with E-state index in [1.54, 1.807) is 18.2 Å². The normalized spacial score (nSPS) is 13.3. The zero-order valence-electron chi connectivity index (χ0n) is 16.1. The van der Waals surface area contributed by atoms with Crippen molar-refractivity contribution in [3.05, 3.63) is 59.5 Å². The van der Waals surface area contributed by atoms with Gasteiger partial charge in [-0.2, -0.15) is 18.2 Å². The monoisotopic (exact) mass is 418 g/mol. The second-order valence-electron chi connectivity index (χ2n) is 6.77. The van der Waals surface area contributed by atoms with Crippen LogP contribution in [0.25, 0.3) is 0 Å². The molecular weight excluding hydrogens is 401 g/mol. The number of aryl methyl sites for hydroxylation is 1. The van der Waals surface area contributed by atoms with Gasteiger partial charge < -0.3 is 9.26 Å². The van der Waals surface area contributed by atoms with Gasteiger partial charge in [-0.25, -0.2) is 9.69 Å². The van der Waals surface area contributed by atoms with Gasteiger partial charge in [-0.05, 0) is 53.9 Å². The van der Waals surface area contributed by atoms with E-state index >= 15 is 0 Å². The number of carbonyl (C=O) groups excluding carboxylic acids is 1. The lowest BCUT2D eigenvalue weighted by atomic mass is 10.1. The molecule has 0 saturated carbocycles. The van der Waals surface area contributed by atoms with Crippen LogP contribution in [-0.4, -0.2) is 29.8 Å². The Morgan fingerprint density at radius 3 is 2.70 bits per heavy atom. The van der Waals surface area contributed by atoms with Crippen molar-refractivity contribution in [3.8, 4) is 5.75 Å². The van der Waals surface area contributed by atoms with Crippen molar-refractivity contribution in [2.45, 2.75) is 19.5 Å². The van der Waals surface area contributed by atoms with Crippen LogP contribution in [0.4, 0.5) is 35.3 Å². The molecule has 0 saturated heterocycles. The molecule has 0 unspecified atom stereocenters. The summed E-state index contributed by atoms with van der Waals surface area (Å²) in [6.07, 6.45) is -3.15. The first-order chi connectivity index (χ1) is 14.3. The number of amides is 2. The average Bonchev–Trinajstić information content (AvgIpc) is 3.36. The molecule has 4 rings (SSSR count). The molecule has 0 spiro atoms. The Hall–Kier alpha value is -3.56. The second-order valence-corrected chi connectivity index (χ2v) is 6.77. The molecule has 3 aromatic rings. The minimum absolute atomic E-state index is 0.0105. The van der Waals surface area contributed by atoms with Gasteiger partial charge in [0, 0.05) is 12.2 Å². The van der Waals surface area contributed by atoms with E-state index in [-0.39, 0.29) is 23.9 Å². The molecule has 0 radical (unpaired) electrons. The molecule has 2 amide bonds. The molecule has 0 fully saturated rings. The number of urea groups is 1. The average molecular weight is 418 g/mol. The number of benzene rings is 2. The molecule has 2 aromatic carbocycles. The van der Waals surface area contributed by atoms with Crippen molar-refractivity contribution in [2.24, 2.45) is 0 Å². The summed E-state index contributed by atoms with van der Waals surface area (Å²) in [6.45, 7) is 2.06. The molecule has 0 bridgehead atoms. The first-order valence-electron chi connectivity index (χ1n) is 9.02. The van der Waals surface area contributed by atoms with E-state index in [0.717, 1.165) is 18.0 Å². The minimum atomic E-state index is -4.62. The number of hydrogen-bond donors (Lipinski definition) is 0. The first kappa shape index (κ1) is 19.7. The standard InChI is InChI=1S/C20H17F3N4O3/c1-12-4-3-5-14(8-12)27(18-24-11-30-25-18)19(28)26-7-6-13-9-17(29-2)15(10-16(13)26)20(21,22)23/h3-5,8-11H,6-7H2,1-2H3. The summed E-state index contributed by atoms with van der Waals surface area (Å²) in [6, 6.07) is 8.75. The van der Waals surface area contributed by atoms with Crippen molar-refractivity contribution in [1.82, 2.24) is 10.1 Å². The second kappa shape index (κ2) is 7.36. The Labute approximate surface area is 169 Å². The zero-order valence-corrected chi connectivity index (χ0v) is 16.1. The van der Waals surface area contributed by atoms with E-state index in [9.17, 15) is 18.0 Å². The van der Waals surface area contributed by atoms with Crippen LogP contribution in [0.5, 0.6) is 5.75 Å². The molecule has 0 aliphatic carbocycles. The number of carbonyl (C=O) groups is 1. The van der Waals surface area contributed by atoms with E-state index in [1.165, 1.54) is 23.0 Å². The van der Waals surface area contributed by atoms with Gasteiger partial charge in [0.2, 0.25) is 6.39 Å². The summed E-state index contributed by atoms with van der Waals surface area (Å²) in [7, 11) is 1.19. The van der Waals surface area contributed by atoms with Crippen molar-refractivity contribution in [2.75, 3.05) is 23.5 Å². The number of nitrogens with zero attached hydrogens (tertiary/aromatic N) is 4.